The summed E-state index contributed by atoms with van der Waals surface area (Å²) >= 11 is 0. The van der Waals surface area contributed by atoms with Crippen LogP contribution in [-0.2, 0) is 10.9 Å². The summed E-state index contributed by atoms with van der Waals surface area (Å²) < 4.78 is 44.3. The van der Waals surface area contributed by atoms with E-state index in [9.17, 15) is 18.0 Å². The van der Waals surface area contributed by atoms with Crippen LogP contribution in [0.15, 0.2) is 24.3 Å². The molecular weight excluding hydrogens is 453 g/mol. The summed E-state index contributed by atoms with van der Waals surface area (Å²) in [5.74, 6) is -0.227. The molecule has 7 heteroatoms. The molecule has 0 unspecified atom stereocenters. The zero-order chi connectivity index (χ0) is 25.7. The lowest BCUT2D eigenvalue weighted by Crippen LogP contribution is -2.40. The minimum Gasteiger partial charge on any atom is -0.378 e. The van der Waals surface area contributed by atoms with E-state index in [1.165, 1.54) is 70.2 Å². The number of unbranched alkanes of at least 4 members (excludes halogenated alkanes) is 6. The molecule has 2 rings (SSSR count). The highest BCUT2D eigenvalue weighted by Crippen LogP contribution is 2.30. The van der Waals surface area contributed by atoms with Gasteiger partial charge in [-0.1, -0.05) is 39.0 Å². The molecule has 0 atom stereocenters. The van der Waals surface area contributed by atoms with Crippen LogP contribution in [0.2, 0.25) is 0 Å². The molecule has 4 nitrogen and oxygen atoms in total. The summed E-state index contributed by atoms with van der Waals surface area (Å²) in [6.07, 6.45) is 9.43. The van der Waals surface area contributed by atoms with E-state index in [1.54, 1.807) is 11.9 Å². The van der Waals surface area contributed by atoms with Crippen molar-refractivity contribution in [3.63, 3.8) is 0 Å². The topological polar surface area (TPSA) is 32.8 Å². The number of nitrogens with zero attached hydrogens (tertiary/aromatic N) is 2. The first kappa shape index (κ1) is 29.6. The second-order valence-corrected chi connectivity index (χ2v) is 10.1. The third kappa shape index (κ3) is 10.9. The number of rotatable bonds is 15. The van der Waals surface area contributed by atoms with E-state index in [0.29, 0.717) is 5.56 Å². The van der Waals surface area contributed by atoms with Crippen molar-refractivity contribution in [3.8, 4) is 0 Å². The van der Waals surface area contributed by atoms with E-state index in [1.807, 2.05) is 0 Å². The molecule has 200 valence electrons. The molecule has 0 saturated heterocycles. The molecule has 1 fully saturated rings. The minimum atomic E-state index is -4.39. The van der Waals surface area contributed by atoms with E-state index in [2.05, 4.69) is 18.9 Å². The second-order valence-electron chi connectivity index (χ2n) is 10.1. The molecule has 1 aliphatic rings. The standard InChI is InChI=1S/C28H45F3N2O2/c1-4-5-9-20-32(2)21-10-7-6-8-11-22-35-26-18-16-25(17-19-26)33(3)27(34)23-12-14-24(15-13-23)28(29,30)31/h12-15,25-26H,4-11,16-22H2,1-3H3. The van der Waals surface area contributed by atoms with Gasteiger partial charge in [-0.05, 0) is 89.3 Å². The second kappa shape index (κ2) is 15.5. The number of carbonyl (C=O) groups is 1. The number of alkyl halides is 3. The van der Waals surface area contributed by atoms with Crippen molar-refractivity contribution in [2.45, 2.75) is 102 Å². The van der Waals surface area contributed by atoms with Gasteiger partial charge in [0.05, 0.1) is 11.7 Å². The Bertz CT molecular complexity index is 716. The van der Waals surface area contributed by atoms with Gasteiger partial charge in [0.2, 0.25) is 0 Å². The molecule has 0 radical (unpaired) electrons. The van der Waals surface area contributed by atoms with Crippen LogP contribution in [0.5, 0.6) is 0 Å². The van der Waals surface area contributed by atoms with Gasteiger partial charge >= 0.3 is 6.18 Å². The third-order valence-corrected chi connectivity index (χ3v) is 7.15. The number of hydrogen-bond acceptors (Lipinski definition) is 3. The number of amides is 1. The Morgan fingerprint density at radius 3 is 2.06 bits per heavy atom. The van der Waals surface area contributed by atoms with E-state index >= 15 is 0 Å². The molecule has 0 heterocycles. The maximum absolute atomic E-state index is 12.7. The Kier molecular flexibility index (Phi) is 13.1. The average molecular weight is 499 g/mol. The van der Waals surface area contributed by atoms with Gasteiger partial charge in [-0.3, -0.25) is 4.79 Å². The Hall–Kier alpha value is -1.60. The highest BCUT2D eigenvalue weighted by Gasteiger charge is 2.31. The third-order valence-electron chi connectivity index (χ3n) is 7.15. The molecule has 0 bridgehead atoms. The SMILES string of the molecule is CCCCCN(C)CCCCCCCOC1CCC(N(C)C(=O)c2ccc(C(F)(F)F)cc2)CC1. The molecule has 0 aromatic heterocycles. The first-order valence-corrected chi connectivity index (χ1v) is 13.5. The maximum atomic E-state index is 12.7. The summed E-state index contributed by atoms with van der Waals surface area (Å²) in [6, 6.07) is 4.58. The van der Waals surface area contributed by atoms with Gasteiger partial charge in [-0.25, -0.2) is 0 Å². The maximum Gasteiger partial charge on any atom is 0.416 e. The largest absolute Gasteiger partial charge is 0.416 e. The Balaban J connectivity index is 1.55. The number of hydrogen-bond donors (Lipinski definition) is 0. The van der Waals surface area contributed by atoms with Crippen LogP contribution in [0, 0.1) is 0 Å². The van der Waals surface area contributed by atoms with Crippen LogP contribution in [0.4, 0.5) is 13.2 Å². The Morgan fingerprint density at radius 1 is 0.886 bits per heavy atom. The van der Waals surface area contributed by atoms with Gasteiger partial charge in [0.25, 0.3) is 5.91 Å². The van der Waals surface area contributed by atoms with Crippen LogP contribution in [0.1, 0.15) is 99.9 Å². The van der Waals surface area contributed by atoms with Gasteiger partial charge in [-0.2, -0.15) is 13.2 Å². The predicted octanol–water partition coefficient (Wildman–Crippen LogP) is 7.18. The Morgan fingerprint density at radius 2 is 1.46 bits per heavy atom. The fourth-order valence-corrected chi connectivity index (χ4v) is 4.78. The first-order chi connectivity index (χ1) is 16.7. The van der Waals surface area contributed by atoms with Crippen molar-refractivity contribution in [2.24, 2.45) is 0 Å². The molecule has 0 spiro atoms. The molecule has 0 N–H and O–H groups in total. The van der Waals surface area contributed by atoms with E-state index < -0.39 is 11.7 Å². The zero-order valence-corrected chi connectivity index (χ0v) is 21.9. The summed E-state index contributed by atoms with van der Waals surface area (Å²) in [7, 11) is 3.97. The molecule has 1 aliphatic carbocycles. The summed E-state index contributed by atoms with van der Waals surface area (Å²) in [6.45, 7) is 5.44. The summed E-state index contributed by atoms with van der Waals surface area (Å²) in [5.41, 5.74) is -0.443. The van der Waals surface area contributed by atoms with E-state index in [-0.39, 0.29) is 18.1 Å². The van der Waals surface area contributed by atoms with Gasteiger partial charge in [0.15, 0.2) is 0 Å². The molecule has 0 aliphatic heterocycles. The monoisotopic (exact) mass is 498 g/mol. The highest BCUT2D eigenvalue weighted by atomic mass is 19.4. The molecule has 1 aromatic rings. The average Bonchev–Trinajstić information content (AvgIpc) is 2.85. The van der Waals surface area contributed by atoms with Crippen LogP contribution in [0.25, 0.3) is 0 Å². The quantitative estimate of drug-likeness (QED) is 0.240. The number of benzene rings is 1. The number of carbonyl (C=O) groups excluding carboxylic acids is 1. The molecule has 1 amide bonds. The van der Waals surface area contributed by atoms with Gasteiger partial charge in [0.1, 0.15) is 0 Å². The smallest absolute Gasteiger partial charge is 0.378 e. The van der Waals surface area contributed by atoms with Crippen molar-refractivity contribution in [1.29, 1.82) is 0 Å². The van der Waals surface area contributed by atoms with Crippen LogP contribution in [0.3, 0.4) is 0 Å². The predicted molar refractivity (Wildman–Crippen MR) is 136 cm³/mol. The number of ether oxygens (including phenoxy) is 1. The van der Waals surface area contributed by atoms with Crippen molar-refractivity contribution >= 4 is 5.91 Å². The minimum absolute atomic E-state index is 0.102. The zero-order valence-electron chi connectivity index (χ0n) is 21.9. The Labute approximate surface area is 210 Å². The van der Waals surface area contributed by atoms with Crippen LogP contribution >= 0.6 is 0 Å². The van der Waals surface area contributed by atoms with Crippen molar-refractivity contribution in [1.82, 2.24) is 9.80 Å². The van der Waals surface area contributed by atoms with Crippen LogP contribution < -0.4 is 0 Å². The molecular formula is C28H45F3N2O2. The van der Waals surface area contributed by atoms with Crippen LogP contribution in [-0.4, -0.2) is 61.6 Å². The normalized spacial score (nSPS) is 18.7. The van der Waals surface area contributed by atoms with Crippen molar-refractivity contribution < 1.29 is 22.7 Å². The highest BCUT2D eigenvalue weighted by molar-refractivity contribution is 5.94. The van der Waals surface area contributed by atoms with Gasteiger partial charge in [-0.15, -0.1) is 0 Å². The molecule has 35 heavy (non-hydrogen) atoms. The van der Waals surface area contributed by atoms with E-state index in [4.69, 9.17) is 4.74 Å². The molecule has 1 aromatic carbocycles. The lowest BCUT2D eigenvalue weighted by atomic mass is 9.91. The lowest BCUT2D eigenvalue weighted by Gasteiger charge is -2.34. The number of halogens is 3. The van der Waals surface area contributed by atoms with E-state index in [0.717, 1.165) is 50.8 Å². The molecule has 1 saturated carbocycles. The fourth-order valence-electron chi connectivity index (χ4n) is 4.78. The first-order valence-electron chi connectivity index (χ1n) is 13.5. The lowest BCUT2D eigenvalue weighted by molar-refractivity contribution is -0.137. The summed E-state index contributed by atoms with van der Waals surface area (Å²) in [4.78, 5) is 16.8. The van der Waals surface area contributed by atoms with Gasteiger partial charge < -0.3 is 14.5 Å². The van der Waals surface area contributed by atoms with Gasteiger partial charge in [0, 0.05) is 25.3 Å². The fraction of sp³-hybridized carbons (Fsp3) is 0.750. The van der Waals surface area contributed by atoms with Crippen molar-refractivity contribution in [2.75, 3.05) is 33.8 Å². The van der Waals surface area contributed by atoms with Crippen molar-refractivity contribution in [3.05, 3.63) is 35.4 Å². The summed E-state index contributed by atoms with van der Waals surface area (Å²) in [5, 5.41) is 0.